The minimum absolute atomic E-state index is 0.00960. The lowest BCUT2D eigenvalue weighted by Crippen LogP contribution is -3.15. The zero-order valence-electron chi connectivity index (χ0n) is 15.2. The molecule has 0 bridgehead atoms. The molecule has 1 aromatic carbocycles. The molecule has 3 heterocycles. The normalized spacial score (nSPS) is 24.4. The Bertz CT molecular complexity index is 979. The van der Waals surface area contributed by atoms with E-state index in [9.17, 15) is 13.9 Å². The molecule has 4 rings (SSSR count). The van der Waals surface area contributed by atoms with Crippen LogP contribution in [-0.4, -0.2) is 45.0 Å². The predicted octanol–water partition coefficient (Wildman–Crippen LogP) is 1.86. The second-order valence-electron chi connectivity index (χ2n) is 7.07. The molecule has 0 spiro atoms. The summed E-state index contributed by atoms with van der Waals surface area (Å²) in [5.41, 5.74) is 0.599. The summed E-state index contributed by atoms with van der Waals surface area (Å²) in [6, 6.07) is 3.53. The molecule has 9 heteroatoms. The molecule has 144 valence electrons. The maximum Gasteiger partial charge on any atom is 0.235 e. The Morgan fingerprint density at radius 3 is 2.59 bits per heavy atom. The summed E-state index contributed by atoms with van der Waals surface area (Å²) >= 11 is 1.32. The highest BCUT2D eigenvalue weighted by Gasteiger charge is 2.37. The molecule has 2 aromatic heterocycles. The van der Waals surface area contributed by atoms with Gasteiger partial charge in [0, 0.05) is 5.56 Å². The van der Waals surface area contributed by atoms with Crippen LogP contribution in [-0.2, 0) is 4.74 Å². The second kappa shape index (κ2) is 6.81. The molecule has 27 heavy (non-hydrogen) atoms. The van der Waals surface area contributed by atoms with Gasteiger partial charge in [0.2, 0.25) is 10.8 Å². The van der Waals surface area contributed by atoms with E-state index < -0.39 is 11.6 Å². The number of aromatic hydroxyl groups is 1. The molecule has 0 radical (unpaired) electrons. The fourth-order valence-electron chi connectivity index (χ4n) is 3.85. The van der Waals surface area contributed by atoms with E-state index >= 15 is 0 Å². The van der Waals surface area contributed by atoms with Crippen molar-refractivity contribution < 1.29 is 23.5 Å². The maximum atomic E-state index is 14.0. The molecule has 1 aliphatic rings. The Morgan fingerprint density at radius 1 is 1.26 bits per heavy atom. The Labute approximate surface area is 159 Å². The van der Waals surface area contributed by atoms with E-state index in [4.69, 9.17) is 4.74 Å². The van der Waals surface area contributed by atoms with Gasteiger partial charge < -0.3 is 14.7 Å². The molecule has 3 aromatic rings. The first kappa shape index (κ1) is 18.3. The molecule has 1 fully saturated rings. The summed E-state index contributed by atoms with van der Waals surface area (Å²) < 4.78 is 34.7. The van der Waals surface area contributed by atoms with E-state index in [0.717, 1.165) is 11.0 Å². The average molecular weight is 395 g/mol. The predicted molar refractivity (Wildman–Crippen MR) is 96.2 cm³/mol. The van der Waals surface area contributed by atoms with Crippen LogP contribution >= 0.6 is 11.3 Å². The maximum absolute atomic E-state index is 14.0. The number of fused-ring (bicyclic) bond motifs is 1. The van der Waals surface area contributed by atoms with Crippen molar-refractivity contribution in [2.45, 2.75) is 39.0 Å². The Balaban J connectivity index is 1.85. The zero-order valence-corrected chi connectivity index (χ0v) is 16.1. The first-order valence-corrected chi connectivity index (χ1v) is 9.65. The van der Waals surface area contributed by atoms with Crippen LogP contribution in [0.2, 0.25) is 0 Å². The third kappa shape index (κ3) is 3.30. The van der Waals surface area contributed by atoms with Gasteiger partial charge in [-0.3, -0.25) is 0 Å². The SMILES string of the molecule is Cc1nc2sc([C@H](c3ccc(F)c(F)c3)[NH+]3C[C@@H](C)O[C@H](C)C3)c(O)n2n1. The van der Waals surface area contributed by atoms with Crippen LogP contribution in [0.15, 0.2) is 18.2 Å². The highest BCUT2D eigenvalue weighted by molar-refractivity contribution is 7.17. The summed E-state index contributed by atoms with van der Waals surface area (Å²) in [5.74, 6) is -1.24. The topological polar surface area (TPSA) is 64.1 Å². The van der Waals surface area contributed by atoms with Gasteiger partial charge in [-0.15, -0.1) is 5.10 Å². The minimum Gasteiger partial charge on any atom is -0.492 e. The Kier molecular flexibility index (Phi) is 4.61. The summed E-state index contributed by atoms with van der Waals surface area (Å²) in [6.07, 6.45) is 0.0335. The first-order valence-electron chi connectivity index (χ1n) is 8.83. The zero-order chi connectivity index (χ0) is 19.3. The van der Waals surface area contributed by atoms with E-state index in [0.29, 0.717) is 34.3 Å². The number of benzene rings is 1. The van der Waals surface area contributed by atoms with E-state index in [1.54, 1.807) is 13.0 Å². The monoisotopic (exact) mass is 395 g/mol. The number of rotatable bonds is 3. The molecular formula is C18H21F2N4O2S+. The molecule has 1 saturated heterocycles. The number of hydrogen-bond acceptors (Lipinski definition) is 5. The van der Waals surface area contributed by atoms with Gasteiger partial charge >= 0.3 is 0 Å². The lowest BCUT2D eigenvalue weighted by atomic mass is 10.0. The third-order valence-electron chi connectivity index (χ3n) is 4.82. The Morgan fingerprint density at radius 2 is 1.96 bits per heavy atom. The van der Waals surface area contributed by atoms with Gasteiger partial charge in [-0.25, -0.2) is 13.8 Å². The van der Waals surface area contributed by atoms with E-state index in [1.807, 2.05) is 13.8 Å². The van der Waals surface area contributed by atoms with Gasteiger partial charge in [-0.2, -0.15) is 4.52 Å². The lowest BCUT2D eigenvalue weighted by Gasteiger charge is -2.37. The van der Waals surface area contributed by atoms with Crippen molar-refractivity contribution in [1.29, 1.82) is 0 Å². The standard InChI is InChI=1S/C18H20F2N4O2S/c1-9-7-23(8-10(2)26-9)15(12-4-5-13(19)14(20)6-12)16-17(25)24-18(27-16)21-11(3)22-24/h4-6,9-10,15,25H,7-8H2,1-3H3/p+1/t9-,10-,15+/m1/s1. The van der Waals surface area contributed by atoms with Crippen LogP contribution in [0.1, 0.15) is 36.2 Å². The minimum atomic E-state index is -0.902. The molecule has 6 nitrogen and oxygen atoms in total. The number of aryl methyl sites for hydroxylation is 1. The van der Waals surface area contributed by atoms with Gasteiger partial charge in [0.25, 0.3) is 0 Å². The van der Waals surface area contributed by atoms with Crippen LogP contribution in [0.25, 0.3) is 4.96 Å². The molecule has 0 unspecified atom stereocenters. The van der Waals surface area contributed by atoms with Crippen molar-refractivity contribution in [2.75, 3.05) is 13.1 Å². The van der Waals surface area contributed by atoms with Gasteiger partial charge in [0.1, 0.15) is 36.0 Å². The average Bonchev–Trinajstić information content (AvgIpc) is 3.08. The van der Waals surface area contributed by atoms with Crippen molar-refractivity contribution in [3.05, 3.63) is 46.1 Å². The van der Waals surface area contributed by atoms with Gasteiger partial charge in [-0.05, 0) is 39.0 Å². The van der Waals surface area contributed by atoms with Crippen LogP contribution in [0.4, 0.5) is 8.78 Å². The number of morpholine rings is 1. The Hall–Kier alpha value is -2.10. The molecule has 3 atom stereocenters. The highest BCUT2D eigenvalue weighted by atomic mass is 32.1. The lowest BCUT2D eigenvalue weighted by molar-refractivity contribution is -0.939. The van der Waals surface area contributed by atoms with Crippen molar-refractivity contribution in [1.82, 2.24) is 14.6 Å². The van der Waals surface area contributed by atoms with Crippen molar-refractivity contribution in [2.24, 2.45) is 0 Å². The summed E-state index contributed by atoms with van der Waals surface area (Å²) in [5, 5.41) is 15.0. The number of halogens is 2. The molecule has 2 N–H and O–H groups in total. The van der Waals surface area contributed by atoms with Crippen LogP contribution in [0, 0.1) is 18.6 Å². The number of thiazole rings is 1. The summed E-state index contributed by atoms with van der Waals surface area (Å²) in [6.45, 7) is 7.09. The molecular weight excluding hydrogens is 374 g/mol. The highest BCUT2D eigenvalue weighted by Crippen LogP contribution is 2.35. The smallest absolute Gasteiger partial charge is 0.235 e. The second-order valence-corrected chi connectivity index (χ2v) is 8.08. The molecule has 0 saturated carbocycles. The van der Waals surface area contributed by atoms with Gasteiger partial charge in [-0.1, -0.05) is 11.3 Å². The van der Waals surface area contributed by atoms with Gasteiger partial charge in [0.15, 0.2) is 17.7 Å². The van der Waals surface area contributed by atoms with Crippen LogP contribution in [0.5, 0.6) is 5.88 Å². The van der Waals surface area contributed by atoms with E-state index in [-0.39, 0.29) is 24.1 Å². The number of ether oxygens (including phenoxy) is 1. The number of nitrogens with zero attached hydrogens (tertiary/aromatic N) is 3. The molecule has 1 aliphatic heterocycles. The number of nitrogens with one attached hydrogen (secondary N) is 1. The van der Waals surface area contributed by atoms with Gasteiger partial charge in [0.05, 0.1) is 0 Å². The summed E-state index contributed by atoms with van der Waals surface area (Å²) in [4.78, 5) is 6.64. The number of hydrogen-bond donors (Lipinski definition) is 2. The number of aromatic nitrogens is 3. The third-order valence-corrected chi connectivity index (χ3v) is 5.90. The van der Waals surface area contributed by atoms with E-state index in [2.05, 4.69) is 10.1 Å². The quantitative estimate of drug-likeness (QED) is 0.711. The first-order chi connectivity index (χ1) is 12.8. The summed E-state index contributed by atoms with van der Waals surface area (Å²) in [7, 11) is 0. The van der Waals surface area contributed by atoms with Crippen molar-refractivity contribution in [3.63, 3.8) is 0 Å². The van der Waals surface area contributed by atoms with Crippen LogP contribution in [0.3, 0.4) is 0 Å². The molecule has 0 aliphatic carbocycles. The number of quaternary nitrogens is 1. The van der Waals surface area contributed by atoms with Crippen LogP contribution < -0.4 is 4.90 Å². The van der Waals surface area contributed by atoms with Crippen molar-refractivity contribution in [3.8, 4) is 5.88 Å². The fraction of sp³-hybridized carbons (Fsp3) is 0.444. The fourth-order valence-corrected chi connectivity index (χ4v) is 5.04. The largest absolute Gasteiger partial charge is 0.492 e. The van der Waals surface area contributed by atoms with Crippen molar-refractivity contribution >= 4 is 16.3 Å². The van der Waals surface area contributed by atoms with E-state index in [1.165, 1.54) is 21.9 Å². The molecule has 0 amide bonds.